The van der Waals surface area contributed by atoms with Crippen LogP contribution in [-0.2, 0) is 16.6 Å². The molecule has 1 aliphatic heterocycles. The maximum absolute atomic E-state index is 12.8. The van der Waals surface area contributed by atoms with E-state index < -0.39 is 0 Å². The minimum atomic E-state index is -0.354. The molecule has 0 bridgehead atoms. The molecule has 3 rings (SSSR count). The molecule has 1 fully saturated rings. The fourth-order valence-electron chi connectivity index (χ4n) is 3.47. The lowest BCUT2D eigenvalue weighted by Crippen LogP contribution is -2.42. The molecule has 1 unspecified atom stereocenters. The predicted octanol–water partition coefficient (Wildman–Crippen LogP) is 2.10. The number of hydrogen-bond donors (Lipinski definition) is 1. The first-order chi connectivity index (χ1) is 14.4. The van der Waals surface area contributed by atoms with Crippen LogP contribution in [0.3, 0.4) is 0 Å². The second-order valence-electron chi connectivity index (χ2n) is 7.10. The molecule has 160 valence electrons. The molecule has 9 nitrogen and oxygen atoms in total. The van der Waals surface area contributed by atoms with E-state index in [1.807, 2.05) is 0 Å². The molecule has 0 radical (unpaired) electrons. The molecular weight excluding hydrogens is 388 g/mol. The lowest BCUT2D eigenvalue weighted by molar-refractivity contribution is -0.149. The normalized spacial score (nSPS) is 16.1. The smallest absolute Gasteiger partial charge is 0.310 e. The summed E-state index contributed by atoms with van der Waals surface area (Å²) in [6.45, 7) is 3.07. The van der Waals surface area contributed by atoms with E-state index in [1.165, 1.54) is 11.8 Å². The Kier molecular flexibility index (Phi) is 6.71. The second kappa shape index (κ2) is 9.43. The molecule has 1 aromatic heterocycles. The van der Waals surface area contributed by atoms with Crippen molar-refractivity contribution in [2.75, 3.05) is 32.1 Å². The Morgan fingerprint density at radius 2 is 1.97 bits per heavy atom. The van der Waals surface area contributed by atoms with Crippen LogP contribution >= 0.6 is 0 Å². The number of anilines is 1. The lowest BCUT2D eigenvalue weighted by Gasteiger charge is -2.31. The van der Waals surface area contributed by atoms with E-state index in [1.54, 1.807) is 49.3 Å². The van der Waals surface area contributed by atoms with Gasteiger partial charge in [0, 0.05) is 37.6 Å². The molecule has 1 aromatic carbocycles. The number of benzene rings is 1. The highest BCUT2D eigenvalue weighted by atomic mass is 16.5. The molecule has 1 N–H and O–H groups in total. The fourth-order valence-corrected chi connectivity index (χ4v) is 3.47. The number of carbonyl (C=O) groups excluding carboxylic acids is 3. The van der Waals surface area contributed by atoms with Crippen LogP contribution in [0.15, 0.2) is 30.5 Å². The van der Waals surface area contributed by atoms with Crippen LogP contribution < -0.4 is 10.1 Å². The maximum Gasteiger partial charge on any atom is 0.310 e. The molecule has 2 heterocycles. The minimum absolute atomic E-state index is 0.143. The molecule has 1 saturated heterocycles. The van der Waals surface area contributed by atoms with Crippen molar-refractivity contribution in [2.24, 2.45) is 13.0 Å². The summed E-state index contributed by atoms with van der Waals surface area (Å²) in [4.78, 5) is 39.0. The molecule has 2 aromatic rings. The molecule has 1 atom stereocenters. The second-order valence-corrected chi connectivity index (χ2v) is 7.10. The van der Waals surface area contributed by atoms with Gasteiger partial charge in [0.05, 0.1) is 19.6 Å². The van der Waals surface area contributed by atoms with Gasteiger partial charge < -0.3 is 19.7 Å². The summed E-state index contributed by atoms with van der Waals surface area (Å²) in [5.41, 5.74) is 1.36. The zero-order chi connectivity index (χ0) is 21.7. The third kappa shape index (κ3) is 4.79. The van der Waals surface area contributed by atoms with Crippen LogP contribution in [0.5, 0.6) is 5.88 Å². The van der Waals surface area contributed by atoms with Gasteiger partial charge in [-0.05, 0) is 44.0 Å². The summed E-state index contributed by atoms with van der Waals surface area (Å²) >= 11 is 0. The number of hydrogen-bond acceptors (Lipinski definition) is 6. The highest BCUT2D eigenvalue weighted by molar-refractivity contribution is 6.06. The van der Waals surface area contributed by atoms with Crippen molar-refractivity contribution in [3.8, 4) is 5.88 Å². The zero-order valence-electron chi connectivity index (χ0n) is 17.4. The summed E-state index contributed by atoms with van der Waals surface area (Å²) in [5, 5.41) is 6.83. The van der Waals surface area contributed by atoms with Crippen molar-refractivity contribution >= 4 is 23.5 Å². The van der Waals surface area contributed by atoms with E-state index in [2.05, 4.69) is 10.4 Å². The Hall–Kier alpha value is -3.36. The highest BCUT2D eigenvalue weighted by Gasteiger charge is 2.29. The largest absolute Gasteiger partial charge is 0.479 e. The van der Waals surface area contributed by atoms with Crippen molar-refractivity contribution in [1.82, 2.24) is 14.7 Å². The average molecular weight is 414 g/mol. The van der Waals surface area contributed by atoms with Crippen LogP contribution in [0, 0.1) is 5.92 Å². The van der Waals surface area contributed by atoms with Gasteiger partial charge in [0.2, 0.25) is 5.88 Å². The number of ether oxygens (including phenoxy) is 2. The number of piperidine rings is 1. The lowest BCUT2D eigenvalue weighted by atomic mass is 9.97. The first-order valence-electron chi connectivity index (χ1n) is 9.87. The Labute approximate surface area is 174 Å². The van der Waals surface area contributed by atoms with Crippen molar-refractivity contribution in [3.63, 3.8) is 0 Å². The summed E-state index contributed by atoms with van der Waals surface area (Å²) < 4.78 is 11.7. The Morgan fingerprint density at radius 3 is 2.63 bits per heavy atom. The summed E-state index contributed by atoms with van der Waals surface area (Å²) in [7, 11) is 3.15. The Balaban J connectivity index is 1.64. The molecule has 0 aliphatic carbocycles. The average Bonchev–Trinajstić information content (AvgIpc) is 3.15. The maximum atomic E-state index is 12.8. The Morgan fingerprint density at radius 1 is 1.23 bits per heavy atom. The number of methoxy groups -OCH3 is 1. The molecule has 0 spiro atoms. The summed E-state index contributed by atoms with van der Waals surface area (Å²) in [5.74, 6) is -0.791. The molecule has 30 heavy (non-hydrogen) atoms. The van der Waals surface area contributed by atoms with Gasteiger partial charge in [-0.3, -0.25) is 19.1 Å². The number of nitrogens with zero attached hydrogens (tertiary/aromatic N) is 3. The number of aromatic nitrogens is 2. The van der Waals surface area contributed by atoms with Crippen LogP contribution in [0.4, 0.5) is 5.69 Å². The quantitative estimate of drug-likeness (QED) is 0.726. The number of amides is 2. The van der Waals surface area contributed by atoms with Crippen molar-refractivity contribution < 1.29 is 23.9 Å². The number of nitrogens with one attached hydrogen (secondary N) is 1. The standard InChI is InChI=1S/C21H26N4O5/c1-4-30-21(28)15-6-5-11-25(12-15)20(27)14-7-9-16(10-8-14)22-18(26)17-13-24(2)23-19(17)29-3/h7-10,13,15H,4-6,11-12H2,1-3H3,(H,22,26). The Bertz CT molecular complexity index is 922. The van der Waals surface area contributed by atoms with Crippen molar-refractivity contribution in [1.29, 1.82) is 0 Å². The van der Waals surface area contributed by atoms with Crippen molar-refractivity contribution in [2.45, 2.75) is 19.8 Å². The fraction of sp³-hybridized carbons (Fsp3) is 0.429. The minimum Gasteiger partial charge on any atom is -0.479 e. The van der Waals surface area contributed by atoms with Crippen molar-refractivity contribution in [3.05, 3.63) is 41.6 Å². The third-order valence-corrected chi connectivity index (χ3v) is 4.95. The van der Waals surface area contributed by atoms with Gasteiger partial charge in [0.25, 0.3) is 11.8 Å². The van der Waals surface area contributed by atoms with Gasteiger partial charge in [-0.2, -0.15) is 0 Å². The van der Waals surface area contributed by atoms with Gasteiger partial charge in [0.1, 0.15) is 5.56 Å². The van der Waals surface area contributed by atoms with Crippen LogP contribution in [-0.4, -0.2) is 59.3 Å². The molecule has 9 heteroatoms. The summed E-state index contributed by atoms with van der Waals surface area (Å²) in [6.07, 6.45) is 3.06. The highest BCUT2D eigenvalue weighted by Crippen LogP contribution is 2.21. The number of carbonyl (C=O) groups is 3. The van der Waals surface area contributed by atoms with E-state index in [9.17, 15) is 14.4 Å². The van der Waals surface area contributed by atoms with E-state index in [0.29, 0.717) is 36.5 Å². The van der Waals surface area contributed by atoms with Gasteiger partial charge in [-0.25, -0.2) is 0 Å². The predicted molar refractivity (Wildman–Crippen MR) is 109 cm³/mol. The van der Waals surface area contributed by atoms with Crippen LogP contribution in [0.1, 0.15) is 40.5 Å². The van der Waals surface area contributed by atoms with Gasteiger partial charge in [-0.1, -0.05) is 0 Å². The first-order valence-corrected chi connectivity index (χ1v) is 9.87. The third-order valence-electron chi connectivity index (χ3n) is 4.95. The summed E-state index contributed by atoms with van der Waals surface area (Å²) in [6, 6.07) is 6.65. The number of aryl methyl sites for hydroxylation is 1. The number of likely N-dealkylation sites (tertiary alicyclic amines) is 1. The number of rotatable bonds is 6. The SMILES string of the molecule is CCOC(=O)C1CCCN(C(=O)c2ccc(NC(=O)c3cn(C)nc3OC)cc2)C1. The van der Waals surface area contributed by atoms with Gasteiger partial charge in [-0.15, -0.1) is 5.10 Å². The zero-order valence-corrected chi connectivity index (χ0v) is 17.4. The molecule has 0 saturated carbocycles. The number of esters is 1. The topological polar surface area (TPSA) is 103 Å². The van der Waals surface area contributed by atoms with E-state index in [-0.39, 0.29) is 29.6 Å². The monoisotopic (exact) mass is 414 g/mol. The van der Waals surface area contributed by atoms with Crippen LogP contribution in [0.2, 0.25) is 0 Å². The van der Waals surface area contributed by atoms with Crippen LogP contribution in [0.25, 0.3) is 0 Å². The van der Waals surface area contributed by atoms with Gasteiger partial charge >= 0.3 is 5.97 Å². The molecular formula is C21H26N4O5. The molecule has 2 amide bonds. The van der Waals surface area contributed by atoms with E-state index in [0.717, 1.165) is 12.8 Å². The first kappa shape index (κ1) is 21.4. The molecule has 1 aliphatic rings. The van der Waals surface area contributed by atoms with Gasteiger partial charge in [0.15, 0.2) is 0 Å². The van der Waals surface area contributed by atoms with E-state index in [4.69, 9.17) is 9.47 Å². The van der Waals surface area contributed by atoms with E-state index >= 15 is 0 Å².